The molecular weight excluding hydrogens is 334 g/mol. The van der Waals surface area contributed by atoms with E-state index in [-0.39, 0.29) is 5.91 Å². The number of primary amides is 1. The van der Waals surface area contributed by atoms with Gasteiger partial charge in [-0.25, -0.2) is 0 Å². The largest absolute Gasteiger partial charge is 0.366 e. The minimum absolute atomic E-state index is 0.327. The Morgan fingerprint density at radius 1 is 1.00 bits per heavy atom. The summed E-state index contributed by atoms with van der Waals surface area (Å²) < 4.78 is 0. The van der Waals surface area contributed by atoms with Crippen LogP contribution in [0, 0.1) is 0 Å². The standard InChI is InChI=1S/C23H29N3O/c24-23(27)21-10-4-2-7-19(21)12-13-25-14-16-26(17-15-25)22-11-5-8-18-6-1-3-9-20(18)22/h1-4,6-7,9-10,22H,5,8,11-17H2,(H2,24,27). The van der Waals surface area contributed by atoms with Crippen LogP contribution in [0.15, 0.2) is 48.5 Å². The predicted octanol–water partition coefficient (Wildman–Crippen LogP) is 3.02. The monoisotopic (exact) mass is 363 g/mol. The maximum atomic E-state index is 11.6. The zero-order chi connectivity index (χ0) is 18.6. The molecule has 2 aromatic carbocycles. The molecular formula is C23H29N3O. The van der Waals surface area contributed by atoms with Gasteiger partial charge in [0.15, 0.2) is 0 Å². The number of aryl methyl sites for hydroxylation is 1. The molecule has 1 fully saturated rings. The van der Waals surface area contributed by atoms with Crippen molar-refractivity contribution >= 4 is 5.91 Å². The number of piperazine rings is 1. The number of benzene rings is 2. The van der Waals surface area contributed by atoms with Crippen molar-refractivity contribution < 1.29 is 4.79 Å². The van der Waals surface area contributed by atoms with Gasteiger partial charge in [-0.1, -0.05) is 42.5 Å². The van der Waals surface area contributed by atoms with Crippen molar-refractivity contribution in [3.8, 4) is 0 Å². The van der Waals surface area contributed by atoms with Crippen LogP contribution in [-0.2, 0) is 12.8 Å². The van der Waals surface area contributed by atoms with Gasteiger partial charge in [-0.05, 0) is 48.4 Å². The van der Waals surface area contributed by atoms with Crippen molar-refractivity contribution in [3.63, 3.8) is 0 Å². The number of carbonyl (C=O) groups excluding carboxylic acids is 1. The molecule has 0 bridgehead atoms. The van der Waals surface area contributed by atoms with E-state index in [1.165, 1.54) is 19.3 Å². The third-order valence-electron chi connectivity index (χ3n) is 6.17. The van der Waals surface area contributed by atoms with Gasteiger partial charge in [-0.2, -0.15) is 0 Å². The topological polar surface area (TPSA) is 49.6 Å². The van der Waals surface area contributed by atoms with Crippen molar-refractivity contribution in [2.24, 2.45) is 5.73 Å². The molecule has 2 aliphatic rings. The average molecular weight is 364 g/mol. The Morgan fingerprint density at radius 2 is 1.74 bits per heavy atom. The van der Waals surface area contributed by atoms with E-state index < -0.39 is 0 Å². The Labute approximate surface area is 162 Å². The molecule has 2 aromatic rings. The second-order valence-electron chi connectivity index (χ2n) is 7.76. The predicted molar refractivity (Wildman–Crippen MR) is 109 cm³/mol. The number of nitrogens with two attached hydrogens (primary N) is 1. The number of carbonyl (C=O) groups is 1. The van der Waals surface area contributed by atoms with Gasteiger partial charge in [-0.15, -0.1) is 0 Å². The summed E-state index contributed by atoms with van der Waals surface area (Å²) >= 11 is 0. The summed E-state index contributed by atoms with van der Waals surface area (Å²) in [6.07, 6.45) is 4.69. The number of hydrogen-bond donors (Lipinski definition) is 1. The van der Waals surface area contributed by atoms with E-state index in [1.54, 1.807) is 11.1 Å². The first kappa shape index (κ1) is 18.2. The van der Waals surface area contributed by atoms with E-state index in [9.17, 15) is 4.79 Å². The lowest BCUT2D eigenvalue weighted by Gasteiger charge is -2.41. The number of nitrogens with zero attached hydrogens (tertiary/aromatic N) is 2. The molecule has 4 heteroatoms. The summed E-state index contributed by atoms with van der Waals surface area (Å²) in [5.74, 6) is -0.327. The Kier molecular flexibility index (Phi) is 5.55. The van der Waals surface area contributed by atoms with Crippen LogP contribution in [0.5, 0.6) is 0 Å². The number of fused-ring (bicyclic) bond motifs is 1. The Bertz CT molecular complexity index is 796. The second-order valence-corrected chi connectivity index (χ2v) is 7.76. The maximum Gasteiger partial charge on any atom is 0.248 e. The molecule has 1 unspecified atom stereocenters. The van der Waals surface area contributed by atoms with Gasteiger partial charge in [0.25, 0.3) is 0 Å². The molecule has 1 saturated heterocycles. The van der Waals surface area contributed by atoms with Crippen LogP contribution >= 0.6 is 0 Å². The molecule has 0 radical (unpaired) electrons. The summed E-state index contributed by atoms with van der Waals surface area (Å²) in [6.45, 7) is 5.42. The SMILES string of the molecule is NC(=O)c1ccccc1CCN1CCN(C2CCCc3ccccc32)CC1. The van der Waals surface area contributed by atoms with Crippen LogP contribution < -0.4 is 5.73 Å². The Balaban J connectivity index is 1.33. The number of hydrogen-bond acceptors (Lipinski definition) is 3. The van der Waals surface area contributed by atoms with E-state index in [2.05, 4.69) is 34.1 Å². The molecule has 4 rings (SSSR count). The zero-order valence-electron chi connectivity index (χ0n) is 15.9. The molecule has 1 amide bonds. The van der Waals surface area contributed by atoms with Crippen LogP contribution in [-0.4, -0.2) is 48.4 Å². The highest BCUT2D eigenvalue weighted by molar-refractivity contribution is 5.94. The number of rotatable bonds is 5. The van der Waals surface area contributed by atoms with E-state index in [1.807, 2.05) is 24.3 Å². The quantitative estimate of drug-likeness (QED) is 0.888. The van der Waals surface area contributed by atoms with Gasteiger partial charge in [0.1, 0.15) is 0 Å². The van der Waals surface area contributed by atoms with E-state index in [0.717, 1.165) is 44.7 Å². The Hall–Kier alpha value is -2.17. The minimum Gasteiger partial charge on any atom is -0.366 e. The molecule has 142 valence electrons. The van der Waals surface area contributed by atoms with Gasteiger partial charge in [0.05, 0.1) is 0 Å². The number of amides is 1. The van der Waals surface area contributed by atoms with Gasteiger partial charge >= 0.3 is 0 Å². The Morgan fingerprint density at radius 3 is 2.56 bits per heavy atom. The third-order valence-corrected chi connectivity index (χ3v) is 6.17. The minimum atomic E-state index is -0.327. The van der Waals surface area contributed by atoms with Crippen molar-refractivity contribution in [1.29, 1.82) is 0 Å². The van der Waals surface area contributed by atoms with E-state index in [4.69, 9.17) is 5.73 Å². The van der Waals surface area contributed by atoms with Crippen LogP contribution in [0.3, 0.4) is 0 Å². The first-order valence-electron chi connectivity index (χ1n) is 10.1. The lowest BCUT2D eigenvalue weighted by Crippen LogP contribution is -2.48. The highest BCUT2D eigenvalue weighted by Gasteiger charge is 2.28. The molecule has 4 nitrogen and oxygen atoms in total. The van der Waals surface area contributed by atoms with Crippen molar-refractivity contribution in [3.05, 3.63) is 70.8 Å². The molecule has 1 aliphatic heterocycles. The van der Waals surface area contributed by atoms with Crippen molar-refractivity contribution in [1.82, 2.24) is 9.80 Å². The van der Waals surface area contributed by atoms with Crippen LogP contribution in [0.25, 0.3) is 0 Å². The summed E-state index contributed by atoms with van der Waals surface area (Å²) in [5, 5.41) is 0. The van der Waals surface area contributed by atoms with Gasteiger partial charge in [-0.3, -0.25) is 9.69 Å². The fourth-order valence-corrected chi connectivity index (χ4v) is 4.66. The highest BCUT2D eigenvalue weighted by Crippen LogP contribution is 2.34. The molecule has 2 N–H and O–H groups in total. The summed E-state index contributed by atoms with van der Waals surface area (Å²) in [5.41, 5.74) is 10.3. The first-order chi connectivity index (χ1) is 13.2. The van der Waals surface area contributed by atoms with Crippen LogP contribution in [0.4, 0.5) is 0 Å². The van der Waals surface area contributed by atoms with Gasteiger partial charge in [0, 0.05) is 44.3 Å². The molecule has 0 spiro atoms. The van der Waals surface area contributed by atoms with Gasteiger partial charge < -0.3 is 10.6 Å². The fraction of sp³-hybridized carbons (Fsp3) is 0.435. The molecule has 1 atom stereocenters. The summed E-state index contributed by atoms with van der Waals surface area (Å²) in [7, 11) is 0. The molecule has 1 aliphatic carbocycles. The second kappa shape index (κ2) is 8.24. The molecule has 1 heterocycles. The van der Waals surface area contributed by atoms with E-state index >= 15 is 0 Å². The fourth-order valence-electron chi connectivity index (χ4n) is 4.66. The van der Waals surface area contributed by atoms with Crippen molar-refractivity contribution in [2.45, 2.75) is 31.7 Å². The normalized spacial score (nSPS) is 21.0. The first-order valence-corrected chi connectivity index (χ1v) is 10.1. The highest BCUT2D eigenvalue weighted by atomic mass is 16.1. The zero-order valence-corrected chi connectivity index (χ0v) is 15.9. The average Bonchev–Trinajstić information content (AvgIpc) is 2.72. The van der Waals surface area contributed by atoms with Gasteiger partial charge in [0.2, 0.25) is 5.91 Å². The molecule has 27 heavy (non-hydrogen) atoms. The summed E-state index contributed by atoms with van der Waals surface area (Å²) in [4.78, 5) is 16.8. The smallest absolute Gasteiger partial charge is 0.248 e. The maximum absolute atomic E-state index is 11.6. The van der Waals surface area contributed by atoms with E-state index in [0.29, 0.717) is 11.6 Å². The third kappa shape index (κ3) is 4.07. The van der Waals surface area contributed by atoms with Crippen LogP contribution in [0.1, 0.15) is 45.9 Å². The van der Waals surface area contributed by atoms with Crippen molar-refractivity contribution in [2.75, 3.05) is 32.7 Å². The molecule has 0 aromatic heterocycles. The van der Waals surface area contributed by atoms with Crippen LogP contribution in [0.2, 0.25) is 0 Å². The lowest BCUT2D eigenvalue weighted by atomic mass is 9.86. The lowest BCUT2D eigenvalue weighted by molar-refractivity contribution is 0.0886. The molecule has 0 saturated carbocycles. The summed E-state index contributed by atoms with van der Waals surface area (Å²) in [6, 6.07) is 17.3.